The maximum absolute atomic E-state index is 13.9. The summed E-state index contributed by atoms with van der Waals surface area (Å²) in [5.41, 5.74) is 1.66. The van der Waals surface area contributed by atoms with Crippen molar-refractivity contribution in [3.05, 3.63) is 42.1 Å². The molecule has 2 aromatic heterocycles. The summed E-state index contributed by atoms with van der Waals surface area (Å²) in [6.07, 6.45) is 6.05. The first-order chi connectivity index (χ1) is 11.1. The largest absolute Gasteiger partial charge is 0.346 e. The van der Waals surface area contributed by atoms with Gasteiger partial charge in [0.25, 0.3) is 5.91 Å². The van der Waals surface area contributed by atoms with Crippen molar-refractivity contribution in [1.82, 2.24) is 20.2 Å². The van der Waals surface area contributed by atoms with Crippen LogP contribution >= 0.6 is 0 Å². The fraction of sp³-hybridized carbons (Fsp3) is 0.412. The molecule has 0 spiro atoms. The standard InChI is InChI=1S/C17H19FN4O/c1-22-15(11-6-7-19-9-12(11)18)4-5-16(22)17(23)21-14-8-10-2-3-13(14)20-10/h4-7,9-10,13-14,20H,2-3,8H2,1H3,(H,21,23)/t10-,13+,14-/m1/s1. The van der Waals surface area contributed by atoms with Crippen molar-refractivity contribution in [1.29, 1.82) is 0 Å². The molecular formula is C17H19FN4O. The number of amides is 1. The Morgan fingerprint density at radius 3 is 2.96 bits per heavy atom. The number of carbonyl (C=O) groups is 1. The van der Waals surface area contributed by atoms with Gasteiger partial charge in [0, 0.05) is 36.9 Å². The fourth-order valence-electron chi connectivity index (χ4n) is 3.82. The van der Waals surface area contributed by atoms with E-state index in [0.717, 1.165) is 12.8 Å². The fourth-order valence-corrected chi connectivity index (χ4v) is 3.82. The van der Waals surface area contributed by atoms with E-state index < -0.39 is 5.82 Å². The van der Waals surface area contributed by atoms with Crippen molar-refractivity contribution in [2.75, 3.05) is 0 Å². The molecule has 0 unspecified atom stereocenters. The van der Waals surface area contributed by atoms with Crippen LogP contribution < -0.4 is 10.6 Å². The molecule has 0 aromatic carbocycles. The number of aromatic nitrogens is 2. The lowest BCUT2D eigenvalue weighted by Crippen LogP contribution is -2.43. The molecule has 120 valence electrons. The zero-order valence-electron chi connectivity index (χ0n) is 12.9. The highest BCUT2D eigenvalue weighted by molar-refractivity contribution is 5.94. The smallest absolute Gasteiger partial charge is 0.268 e. The van der Waals surface area contributed by atoms with Crippen molar-refractivity contribution >= 4 is 5.91 Å². The molecule has 0 radical (unpaired) electrons. The van der Waals surface area contributed by atoms with Gasteiger partial charge in [-0.15, -0.1) is 0 Å². The molecule has 2 aromatic rings. The molecule has 2 aliphatic rings. The number of fused-ring (bicyclic) bond motifs is 2. The predicted molar refractivity (Wildman–Crippen MR) is 84.4 cm³/mol. The second-order valence-corrected chi connectivity index (χ2v) is 6.38. The lowest BCUT2D eigenvalue weighted by atomic mass is 9.95. The van der Waals surface area contributed by atoms with Crippen molar-refractivity contribution in [2.45, 2.75) is 37.4 Å². The second kappa shape index (κ2) is 5.45. The summed E-state index contributed by atoms with van der Waals surface area (Å²) in [6.45, 7) is 0. The van der Waals surface area contributed by atoms with Gasteiger partial charge in [-0.1, -0.05) is 0 Å². The Balaban J connectivity index is 1.56. The molecule has 4 heterocycles. The highest BCUT2D eigenvalue weighted by Gasteiger charge is 2.39. The molecule has 1 amide bonds. The van der Waals surface area contributed by atoms with E-state index in [4.69, 9.17) is 0 Å². The van der Waals surface area contributed by atoms with E-state index >= 15 is 0 Å². The Morgan fingerprint density at radius 1 is 1.39 bits per heavy atom. The van der Waals surface area contributed by atoms with Crippen molar-refractivity contribution < 1.29 is 9.18 Å². The van der Waals surface area contributed by atoms with E-state index in [9.17, 15) is 9.18 Å². The summed E-state index contributed by atoms with van der Waals surface area (Å²) in [5.74, 6) is -0.495. The van der Waals surface area contributed by atoms with Crippen LogP contribution in [-0.2, 0) is 7.05 Å². The Kier molecular flexibility index (Phi) is 3.41. The number of hydrogen-bond acceptors (Lipinski definition) is 3. The van der Waals surface area contributed by atoms with E-state index in [-0.39, 0.29) is 11.9 Å². The van der Waals surface area contributed by atoms with Gasteiger partial charge in [0.1, 0.15) is 5.69 Å². The maximum Gasteiger partial charge on any atom is 0.268 e. The molecule has 3 atom stereocenters. The van der Waals surface area contributed by atoms with Gasteiger partial charge in [-0.25, -0.2) is 4.39 Å². The molecule has 2 bridgehead atoms. The Labute approximate surface area is 133 Å². The van der Waals surface area contributed by atoms with Crippen LogP contribution in [-0.4, -0.2) is 33.6 Å². The number of nitrogens with one attached hydrogen (secondary N) is 2. The Morgan fingerprint density at radius 2 is 2.26 bits per heavy atom. The molecular weight excluding hydrogens is 295 g/mol. The summed E-state index contributed by atoms with van der Waals surface area (Å²) in [5, 5.41) is 6.63. The van der Waals surface area contributed by atoms with Crippen LogP contribution in [0.4, 0.5) is 4.39 Å². The molecule has 5 nitrogen and oxygen atoms in total. The van der Waals surface area contributed by atoms with Gasteiger partial charge in [-0.05, 0) is 37.5 Å². The summed E-state index contributed by atoms with van der Waals surface area (Å²) < 4.78 is 15.6. The van der Waals surface area contributed by atoms with Crippen LogP contribution in [0.25, 0.3) is 11.3 Å². The van der Waals surface area contributed by atoms with Crippen molar-refractivity contribution in [3.63, 3.8) is 0 Å². The SMILES string of the molecule is Cn1c(C(=O)N[C@@H]2C[C@H]3CC[C@@H]2N3)ccc1-c1ccncc1F. The first-order valence-electron chi connectivity index (χ1n) is 7.96. The molecule has 0 aliphatic carbocycles. The van der Waals surface area contributed by atoms with E-state index in [1.165, 1.54) is 12.6 Å². The van der Waals surface area contributed by atoms with Gasteiger partial charge in [0.15, 0.2) is 5.82 Å². The third kappa shape index (κ3) is 2.43. The molecule has 2 saturated heterocycles. The highest BCUT2D eigenvalue weighted by Crippen LogP contribution is 2.29. The van der Waals surface area contributed by atoms with E-state index in [1.807, 2.05) is 0 Å². The number of carbonyl (C=O) groups excluding carboxylic acids is 1. The van der Waals surface area contributed by atoms with Gasteiger partial charge in [-0.3, -0.25) is 9.78 Å². The third-order valence-electron chi connectivity index (χ3n) is 5.02. The van der Waals surface area contributed by atoms with Crippen LogP contribution in [0.1, 0.15) is 29.8 Å². The van der Waals surface area contributed by atoms with Crippen LogP contribution in [0.2, 0.25) is 0 Å². The summed E-state index contributed by atoms with van der Waals surface area (Å²) >= 11 is 0. The number of rotatable bonds is 3. The number of halogens is 1. The minimum absolute atomic E-state index is 0.104. The minimum Gasteiger partial charge on any atom is -0.346 e. The predicted octanol–water partition coefficient (Wildman–Crippen LogP) is 1.85. The monoisotopic (exact) mass is 314 g/mol. The maximum atomic E-state index is 13.9. The summed E-state index contributed by atoms with van der Waals surface area (Å²) in [4.78, 5) is 16.3. The van der Waals surface area contributed by atoms with Gasteiger partial charge < -0.3 is 15.2 Å². The van der Waals surface area contributed by atoms with Gasteiger partial charge >= 0.3 is 0 Å². The molecule has 2 fully saturated rings. The van der Waals surface area contributed by atoms with E-state index in [2.05, 4.69) is 15.6 Å². The first-order valence-corrected chi connectivity index (χ1v) is 7.96. The topological polar surface area (TPSA) is 59.0 Å². The van der Waals surface area contributed by atoms with Crippen molar-refractivity contribution in [2.24, 2.45) is 7.05 Å². The van der Waals surface area contributed by atoms with Crippen LogP contribution in [0, 0.1) is 5.82 Å². The number of nitrogens with zero attached hydrogens (tertiary/aromatic N) is 2. The molecule has 4 rings (SSSR count). The Hall–Kier alpha value is -2.21. The summed E-state index contributed by atoms with van der Waals surface area (Å²) in [7, 11) is 1.78. The zero-order valence-corrected chi connectivity index (χ0v) is 12.9. The van der Waals surface area contributed by atoms with Gasteiger partial charge in [0.05, 0.1) is 11.9 Å². The van der Waals surface area contributed by atoms with Gasteiger partial charge in [-0.2, -0.15) is 0 Å². The zero-order chi connectivity index (χ0) is 16.0. The minimum atomic E-state index is -0.391. The average Bonchev–Trinajstić information content (AvgIpc) is 3.23. The third-order valence-corrected chi connectivity index (χ3v) is 5.02. The molecule has 2 N–H and O–H groups in total. The molecule has 23 heavy (non-hydrogen) atoms. The lowest BCUT2D eigenvalue weighted by Gasteiger charge is -2.21. The number of hydrogen-bond donors (Lipinski definition) is 2. The van der Waals surface area contributed by atoms with E-state index in [0.29, 0.717) is 29.0 Å². The molecule has 0 saturated carbocycles. The lowest BCUT2D eigenvalue weighted by molar-refractivity contribution is 0.0923. The van der Waals surface area contributed by atoms with Crippen molar-refractivity contribution in [3.8, 4) is 11.3 Å². The quantitative estimate of drug-likeness (QED) is 0.909. The van der Waals surface area contributed by atoms with Crippen LogP contribution in [0.3, 0.4) is 0 Å². The highest BCUT2D eigenvalue weighted by atomic mass is 19.1. The summed E-state index contributed by atoms with van der Waals surface area (Å²) in [6, 6.07) is 6.25. The average molecular weight is 314 g/mol. The molecule has 2 aliphatic heterocycles. The number of pyridine rings is 1. The second-order valence-electron chi connectivity index (χ2n) is 6.38. The van der Waals surface area contributed by atoms with Crippen LogP contribution in [0.15, 0.2) is 30.6 Å². The normalized spacial score (nSPS) is 25.7. The van der Waals surface area contributed by atoms with Gasteiger partial charge in [0.2, 0.25) is 0 Å². The Bertz CT molecular complexity index is 757. The first kappa shape index (κ1) is 14.4. The molecule has 6 heteroatoms. The van der Waals surface area contributed by atoms with E-state index in [1.54, 1.807) is 36.0 Å². The van der Waals surface area contributed by atoms with Crippen LogP contribution in [0.5, 0.6) is 0 Å².